The summed E-state index contributed by atoms with van der Waals surface area (Å²) < 4.78 is 0. The molecular weight excluding hydrogens is 216 g/mol. The van der Waals surface area contributed by atoms with Crippen LogP contribution >= 0.6 is 0 Å². The molecule has 5 nitrogen and oxygen atoms in total. The molecule has 2 N–H and O–H groups in total. The van der Waals surface area contributed by atoms with Crippen molar-refractivity contribution in [3.05, 3.63) is 23.9 Å². The number of hydrogen-bond donors (Lipinski definition) is 1. The second-order valence-electron chi connectivity index (χ2n) is 4.55. The minimum atomic E-state index is 0.0393. The van der Waals surface area contributed by atoms with Crippen LogP contribution < -0.4 is 5.73 Å². The van der Waals surface area contributed by atoms with E-state index in [1.54, 1.807) is 18.3 Å². The molecule has 92 valence electrons. The van der Waals surface area contributed by atoms with Crippen LogP contribution in [-0.4, -0.2) is 53.4 Å². The van der Waals surface area contributed by atoms with Crippen molar-refractivity contribution in [3.63, 3.8) is 0 Å². The number of carbonyl (C=O) groups excluding carboxylic acids is 1. The van der Waals surface area contributed by atoms with E-state index in [0.717, 1.165) is 19.6 Å². The summed E-state index contributed by atoms with van der Waals surface area (Å²) >= 11 is 0. The standard InChI is InChI=1S/C12H18N4O/c1-9-8-16(6-5-15(9)2)12(17)10-3-4-11(13)14-7-10/h3-4,7,9H,5-6,8H2,1-2H3,(H2,13,14). The van der Waals surface area contributed by atoms with Gasteiger partial charge in [-0.05, 0) is 26.1 Å². The molecule has 2 rings (SSSR count). The van der Waals surface area contributed by atoms with Crippen molar-refractivity contribution in [1.29, 1.82) is 0 Å². The highest BCUT2D eigenvalue weighted by Crippen LogP contribution is 2.11. The van der Waals surface area contributed by atoms with Gasteiger partial charge in [0, 0.05) is 31.9 Å². The van der Waals surface area contributed by atoms with Crippen molar-refractivity contribution in [1.82, 2.24) is 14.8 Å². The average molecular weight is 234 g/mol. The monoisotopic (exact) mass is 234 g/mol. The summed E-state index contributed by atoms with van der Waals surface area (Å²) in [5.41, 5.74) is 6.11. The van der Waals surface area contributed by atoms with Gasteiger partial charge in [0.1, 0.15) is 5.82 Å². The van der Waals surface area contributed by atoms with Gasteiger partial charge < -0.3 is 15.5 Å². The van der Waals surface area contributed by atoms with Gasteiger partial charge in [0.25, 0.3) is 5.91 Å². The highest BCUT2D eigenvalue weighted by Gasteiger charge is 2.25. The molecule has 1 aliphatic rings. The van der Waals surface area contributed by atoms with E-state index >= 15 is 0 Å². The maximum absolute atomic E-state index is 12.2. The largest absolute Gasteiger partial charge is 0.384 e. The molecule has 1 saturated heterocycles. The van der Waals surface area contributed by atoms with Crippen molar-refractivity contribution in [2.75, 3.05) is 32.4 Å². The van der Waals surface area contributed by atoms with Crippen molar-refractivity contribution in [3.8, 4) is 0 Å². The van der Waals surface area contributed by atoms with Gasteiger partial charge in [-0.1, -0.05) is 0 Å². The molecular formula is C12H18N4O. The van der Waals surface area contributed by atoms with Gasteiger partial charge in [-0.25, -0.2) is 4.98 Å². The van der Waals surface area contributed by atoms with Crippen molar-refractivity contribution in [2.45, 2.75) is 13.0 Å². The molecule has 1 amide bonds. The van der Waals surface area contributed by atoms with Crippen LogP contribution in [0.2, 0.25) is 0 Å². The van der Waals surface area contributed by atoms with Gasteiger partial charge in [0.2, 0.25) is 0 Å². The number of nitrogens with zero attached hydrogens (tertiary/aromatic N) is 3. The molecule has 1 fully saturated rings. The number of aromatic nitrogens is 1. The number of nitrogen functional groups attached to an aromatic ring is 1. The fourth-order valence-electron chi connectivity index (χ4n) is 1.95. The van der Waals surface area contributed by atoms with E-state index in [9.17, 15) is 4.79 Å². The maximum atomic E-state index is 12.2. The lowest BCUT2D eigenvalue weighted by atomic mass is 10.1. The zero-order valence-corrected chi connectivity index (χ0v) is 10.3. The first-order valence-electron chi connectivity index (χ1n) is 5.79. The predicted octanol–water partition coefficient (Wildman–Crippen LogP) is 0.440. The summed E-state index contributed by atoms with van der Waals surface area (Å²) in [6, 6.07) is 3.79. The molecule has 5 heteroatoms. The number of likely N-dealkylation sites (N-methyl/N-ethyl adjacent to an activating group) is 1. The van der Waals surface area contributed by atoms with E-state index in [2.05, 4.69) is 23.9 Å². The van der Waals surface area contributed by atoms with Crippen molar-refractivity contribution < 1.29 is 4.79 Å². The summed E-state index contributed by atoms with van der Waals surface area (Å²) in [7, 11) is 2.08. The van der Waals surface area contributed by atoms with Crippen LogP contribution in [0, 0.1) is 0 Å². The predicted molar refractivity (Wildman–Crippen MR) is 66.6 cm³/mol. The van der Waals surface area contributed by atoms with Gasteiger partial charge in [-0.15, -0.1) is 0 Å². The number of pyridine rings is 1. The Balaban J connectivity index is 2.08. The smallest absolute Gasteiger partial charge is 0.255 e. The first kappa shape index (κ1) is 11.9. The fraction of sp³-hybridized carbons (Fsp3) is 0.500. The minimum Gasteiger partial charge on any atom is -0.384 e. The van der Waals surface area contributed by atoms with Gasteiger partial charge >= 0.3 is 0 Å². The Kier molecular flexibility index (Phi) is 3.28. The molecule has 2 heterocycles. The molecule has 1 aromatic rings. The zero-order valence-electron chi connectivity index (χ0n) is 10.3. The van der Waals surface area contributed by atoms with Crippen molar-refractivity contribution >= 4 is 11.7 Å². The average Bonchev–Trinajstić information content (AvgIpc) is 2.33. The second kappa shape index (κ2) is 4.71. The van der Waals surface area contributed by atoms with E-state index in [1.165, 1.54) is 0 Å². The molecule has 17 heavy (non-hydrogen) atoms. The number of carbonyl (C=O) groups is 1. The molecule has 1 atom stereocenters. The third-order valence-corrected chi connectivity index (χ3v) is 3.28. The van der Waals surface area contributed by atoms with E-state index < -0.39 is 0 Å². The second-order valence-corrected chi connectivity index (χ2v) is 4.55. The van der Waals surface area contributed by atoms with Crippen LogP contribution in [-0.2, 0) is 0 Å². The summed E-state index contributed by atoms with van der Waals surface area (Å²) in [5, 5.41) is 0. The lowest BCUT2D eigenvalue weighted by Gasteiger charge is -2.37. The van der Waals surface area contributed by atoms with Gasteiger partial charge in [-0.3, -0.25) is 4.79 Å². The van der Waals surface area contributed by atoms with Crippen LogP contribution in [0.15, 0.2) is 18.3 Å². The van der Waals surface area contributed by atoms with Gasteiger partial charge in [0.15, 0.2) is 0 Å². The van der Waals surface area contributed by atoms with Crippen molar-refractivity contribution in [2.24, 2.45) is 0 Å². The Morgan fingerprint density at radius 2 is 2.24 bits per heavy atom. The summed E-state index contributed by atoms with van der Waals surface area (Å²) in [6.07, 6.45) is 1.54. The number of nitrogens with two attached hydrogens (primary N) is 1. The molecule has 0 aromatic carbocycles. The van der Waals surface area contributed by atoms with Crippen LogP contribution in [0.3, 0.4) is 0 Å². The van der Waals surface area contributed by atoms with E-state index in [1.807, 2.05) is 4.90 Å². The normalized spacial score (nSPS) is 21.5. The Hall–Kier alpha value is -1.62. The zero-order chi connectivity index (χ0) is 12.4. The number of hydrogen-bond acceptors (Lipinski definition) is 4. The third-order valence-electron chi connectivity index (χ3n) is 3.28. The van der Waals surface area contributed by atoms with E-state index in [0.29, 0.717) is 17.4 Å². The quantitative estimate of drug-likeness (QED) is 0.766. The van der Waals surface area contributed by atoms with Crippen LogP contribution in [0.5, 0.6) is 0 Å². The highest BCUT2D eigenvalue weighted by atomic mass is 16.2. The summed E-state index contributed by atoms with van der Waals surface area (Å²) in [4.78, 5) is 20.3. The maximum Gasteiger partial charge on any atom is 0.255 e. The van der Waals surface area contributed by atoms with E-state index in [4.69, 9.17) is 5.73 Å². The Morgan fingerprint density at radius 3 is 2.82 bits per heavy atom. The topological polar surface area (TPSA) is 62.5 Å². The fourth-order valence-corrected chi connectivity index (χ4v) is 1.95. The Morgan fingerprint density at radius 1 is 1.47 bits per heavy atom. The van der Waals surface area contributed by atoms with E-state index in [-0.39, 0.29) is 5.91 Å². The summed E-state index contributed by atoms with van der Waals surface area (Å²) in [5.74, 6) is 0.478. The first-order valence-corrected chi connectivity index (χ1v) is 5.79. The SMILES string of the molecule is CC1CN(C(=O)c2ccc(N)nc2)CCN1C. The first-order chi connectivity index (χ1) is 8.08. The molecule has 1 aliphatic heterocycles. The molecule has 0 bridgehead atoms. The van der Waals surface area contributed by atoms with Crippen LogP contribution in [0.4, 0.5) is 5.82 Å². The highest BCUT2D eigenvalue weighted by molar-refractivity contribution is 5.94. The Labute approximate surface area is 101 Å². The third kappa shape index (κ3) is 2.55. The number of amides is 1. The Bertz CT molecular complexity index is 403. The minimum absolute atomic E-state index is 0.0393. The van der Waals surface area contributed by atoms with Gasteiger partial charge in [-0.2, -0.15) is 0 Å². The molecule has 0 radical (unpaired) electrons. The molecule has 0 saturated carbocycles. The van der Waals surface area contributed by atoms with Crippen LogP contribution in [0.25, 0.3) is 0 Å². The molecule has 1 aromatic heterocycles. The summed E-state index contributed by atoms with van der Waals surface area (Å²) in [6.45, 7) is 4.57. The number of piperazine rings is 1. The lowest BCUT2D eigenvalue weighted by molar-refractivity contribution is 0.0572. The number of anilines is 1. The molecule has 1 unspecified atom stereocenters. The number of rotatable bonds is 1. The van der Waals surface area contributed by atoms with Gasteiger partial charge in [0.05, 0.1) is 5.56 Å². The van der Waals surface area contributed by atoms with Crippen LogP contribution in [0.1, 0.15) is 17.3 Å². The molecule has 0 aliphatic carbocycles. The lowest BCUT2D eigenvalue weighted by Crippen LogP contribution is -2.52. The molecule has 0 spiro atoms.